The van der Waals surface area contributed by atoms with Gasteiger partial charge in [-0.1, -0.05) is 0 Å². The van der Waals surface area contributed by atoms with E-state index >= 15 is 0 Å². The minimum atomic E-state index is -1.34. The van der Waals surface area contributed by atoms with E-state index in [1.54, 1.807) is 0 Å². The van der Waals surface area contributed by atoms with Gasteiger partial charge in [0.2, 0.25) is 0 Å². The van der Waals surface area contributed by atoms with Crippen LogP contribution in [0, 0.1) is 0 Å². The smallest absolute Gasteiger partial charge is 0.321 e. The van der Waals surface area contributed by atoms with Crippen molar-refractivity contribution < 1.29 is 13.6 Å². The fourth-order valence-electron chi connectivity index (χ4n) is 1.25. The predicted molar refractivity (Wildman–Crippen MR) is 71.0 cm³/mol. The normalized spacial score (nSPS) is 10.1. The summed E-state index contributed by atoms with van der Waals surface area (Å²) >= 11 is 0. The van der Waals surface area contributed by atoms with E-state index in [0.29, 0.717) is 0 Å². The van der Waals surface area contributed by atoms with Crippen molar-refractivity contribution in [3.05, 3.63) is 0 Å². The van der Waals surface area contributed by atoms with Crippen molar-refractivity contribution in [2.45, 2.75) is 39.7 Å². The Hall–Kier alpha value is 0.0569. The first-order valence-electron chi connectivity index (χ1n) is 6.23. The summed E-state index contributed by atoms with van der Waals surface area (Å²) in [7, 11) is 0.159. The Bertz CT molecular complexity index is 111. The lowest BCUT2D eigenvalue weighted by atomic mass is 10.4. The van der Waals surface area contributed by atoms with E-state index < -0.39 is 9.28 Å². The number of hydrogen-bond acceptors (Lipinski definition) is 4. The standard InChI is InChI=1S/C10H24O3Si.CH5N/c1-4-11-9-7-8-10-14(12-5-2)13-6-3;1-2/h14H,4-10H2,1-3H3;2H2,1H3. The first kappa shape index (κ1) is 18.4. The molecule has 0 saturated carbocycles. The number of rotatable bonds is 10. The molecule has 0 fully saturated rings. The Kier molecular flexibility index (Phi) is 20.1. The topological polar surface area (TPSA) is 53.7 Å². The van der Waals surface area contributed by atoms with Gasteiger partial charge in [-0.05, 0) is 46.7 Å². The van der Waals surface area contributed by atoms with Crippen LogP contribution in [0.15, 0.2) is 0 Å². The molecule has 0 aromatic rings. The molecular formula is C11H29NO3Si. The van der Waals surface area contributed by atoms with E-state index in [0.717, 1.165) is 45.3 Å². The van der Waals surface area contributed by atoms with Gasteiger partial charge in [-0.25, -0.2) is 0 Å². The lowest BCUT2D eigenvalue weighted by Gasteiger charge is -2.14. The molecule has 5 heteroatoms. The van der Waals surface area contributed by atoms with E-state index in [1.807, 2.05) is 20.8 Å². The van der Waals surface area contributed by atoms with Crippen LogP contribution in [-0.4, -0.2) is 42.8 Å². The maximum Gasteiger partial charge on any atom is 0.321 e. The first-order valence-corrected chi connectivity index (χ1v) is 7.99. The quantitative estimate of drug-likeness (QED) is 0.474. The molecule has 0 aromatic heterocycles. The van der Waals surface area contributed by atoms with Gasteiger partial charge in [0, 0.05) is 26.4 Å². The molecule has 0 rings (SSSR count). The van der Waals surface area contributed by atoms with Crippen molar-refractivity contribution in [1.82, 2.24) is 0 Å². The molecule has 0 aromatic carbocycles. The molecule has 100 valence electrons. The van der Waals surface area contributed by atoms with Crippen LogP contribution in [0.4, 0.5) is 0 Å². The highest BCUT2D eigenvalue weighted by Crippen LogP contribution is 2.04. The zero-order valence-corrected chi connectivity index (χ0v) is 12.5. The molecule has 4 nitrogen and oxygen atoms in total. The third-order valence-corrected chi connectivity index (χ3v) is 4.18. The second-order valence-corrected chi connectivity index (χ2v) is 5.14. The zero-order valence-electron chi connectivity index (χ0n) is 11.3. The zero-order chi connectivity index (χ0) is 12.6. The van der Waals surface area contributed by atoms with Gasteiger partial charge in [0.25, 0.3) is 0 Å². The van der Waals surface area contributed by atoms with Gasteiger partial charge < -0.3 is 19.3 Å². The second-order valence-electron chi connectivity index (χ2n) is 3.03. The summed E-state index contributed by atoms with van der Waals surface area (Å²) in [5.41, 5.74) is 4.50. The van der Waals surface area contributed by atoms with Crippen LogP contribution in [0.2, 0.25) is 6.04 Å². The minimum Gasteiger partial charge on any atom is -0.397 e. The van der Waals surface area contributed by atoms with Crippen LogP contribution in [0.25, 0.3) is 0 Å². The molecule has 0 saturated heterocycles. The Morgan fingerprint density at radius 1 is 0.875 bits per heavy atom. The van der Waals surface area contributed by atoms with Crippen molar-refractivity contribution in [2.24, 2.45) is 5.73 Å². The van der Waals surface area contributed by atoms with E-state index in [9.17, 15) is 0 Å². The van der Waals surface area contributed by atoms with Crippen LogP contribution in [0.5, 0.6) is 0 Å². The van der Waals surface area contributed by atoms with Gasteiger partial charge in [0.15, 0.2) is 0 Å². The molecule has 2 N–H and O–H groups in total. The summed E-state index contributed by atoms with van der Waals surface area (Å²) < 4.78 is 16.4. The van der Waals surface area contributed by atoms with E-state index in [4.69, 9.17) is 13.6 Å². The molecule has 0 aliphatic heterocycles. The van der Waals surface area contributed by atoms with Crippen molar-refractivity contribution >= 4 is 9.28 Å². The maximum absolute atomic E-state index is 5.56. The number of ether oxygens (including phenoxy) is 1. The third-order valence-electron chi connectivity index (χ3n) is 1.89. The van der Waals surface area contributed by atoms with Crippen LogP contribution >= 0.6 is 0 Å². The summed E-state index contributed by atoms with van der Waals surface area (Å²) in [6, 6.07) is 1.11. The summed E-state index contributed by atoms with van der Waals surface area (Å²) in [6.45, 7) is 9.33. The molecule has 0 spiro atoms. The van der Waals surface area contributed by atoms with Crippen LogP contribution in [0.1, 0.15) is 33.6 Å². The van der Waals surface area contributed by atoms with Crippen molar-refractivity contribution in [2.75, 3.05) is 33.5 Å². The van der Waals surface area contributed by atoms with Gasteiger partial charge in [0.05, 0.1) is 0 Å². The lowest BCUT2D eigenvalue weighted by Crippen LogP contribution is -2.22. The Morgan fingerprint density at radius 2 is 1.44 bits per heavy atom. The Morgan fingerprint density at radius 3 is 1.88 bits per heavy atom. The largest absolute Gasteiger partial charge is 0.397 e. The Balaban J connectivity index is 0. The van der Waals surface area contributed by atoms with Crippen LogP contribution in [0.3, 0.4) is 0 Å². The fraction of sp³-hybridized carbons (Fsp3) is 1.00. The average molecular weight is 251 g/mol. The number of unbranched alkanes of at least 4 members (excludes halogenated alkanes) is 1. The van der Waals surface area contributed by atoms with Gasteiger partial charge in [-0.2, -0.15) is 0 Å². The van der Waals surface area contributed by atoms with Crippen molar-refractivity contribution in [3.63, 3.8) is 0 Å². The lowest BCUT2D eigenvalue weighted by molar-refractivity contribution is 0.143. The monoisotopic (exact) mass is 251 g/mol. The maximum atomic E-state index is 5.56. The average Bonchev–Trinajstić information content (AvgIpc) is 2.32. The molecular weight excluding hydrogens is 222 g/mol. The summed E-state index contributed by atoms with van der Waals surface area (Å²) in [5.74, 6) is 0. The molecule has 0 amide bonds. The highest BCUT2D eigenvalue weighted by Gasteiger charge is 2.10. The van der Waals surface area contributed by atoms with E-state index in [-0.39, 0.29) is 0 Å². The number of hydrogen-bond donors (Lipinski definition) is 1. The molecule has 0 atom stereocenters. The fourth-order valence-corrected chi connectivity index (χ4v) is 3.04. The van der Waals surface area contributed by atoms with Crippen molar-refractivity contribution in [3.8, 4) is 0 Å². The second kappa shape index (κ2) is 17.5. The molecule has 0 heterocycles. The van der Waals surface area contributed by atoms with E-state index in [1.165, 1.54) is 7.05 Å². The predicted octanol–water partition coefficient (Wildman–Crippen LogP) is 1.67. The molecule has 0 bridgehead atoms. The minimum absolute atomic E-state index is 0.780. The van der Waals surface area contributed by atoms with E-state index in [2.05, 4.69) is 5.73 Å². The van der Waals surface area contributed by atoms with Crippen LogP contribution < -0.4 is 5.73 Å². The molecule has 0 radical (unpaired) electrons. The highest BCUT2D eigenvalue weighted by molar-refractivity contribution is 6.44. The van der Waals surface area contributed by atoms with Gasteiger partial charge in [-0.15, -0.1) is 0 Å². The van der Waals surface area contributed by atoms with Crippen molar-refractivity contribution in [1.29, 1.82) is 0 Å². The molecule has 0 aliphatic rings. The first-order chi connectivity index (χ1) is 7.85. The summed E-state index contributed by atoms with van der Waals surface area (Å²) in [6.07, 6.45) is 2.29. The Labute approximate surface area is 102 Å². The van der Waals surface area contributed by atoms with Gasteiger partial charge in [0.1, 0.15) is 0 Å². The SMILES string of the molecule is CCOCCCC[SiH](OCC)OCC.CN. The molecule has 0 aliphatic carbocycles. The number of nitrogens with two attached hydrogens (primary N) is 1. The third kappa shape index (κ3) is 14.1. The van der Waals surface area contributed by atoms with Gasteiger partial charge in [-0.3, -0.25) is 0 Å². The van der Waals surface area contributed by atoms with Crippen LogP contribution in [-0.2, 0) is 13.6 Å². The van der Waals surface area contributed by atoms with Gasteiger partial charge >= 0.3 is 9.28 Å². The summed E-state index contributed by atoms with van der Waals surface area (Å²) in [4.78, 5) is 0. The summed E-state index contributed by atoms with van der Waals surface area (Å²) in [5, 5.41) is 0. The highest BCUT2D eigenvalue weighted by atomic mass is 28.3. The molecule has 0 unspecified atom stereocenters. The molecule has 16 heavy (non-hydrogen) atoms.